The van der Waals surface area contributed by atoms with Crippen molar-refractivity contribution >= 4 is 28.9 Å². The fraction of sp³-hybridized carbons (Fsp3) is 0.312. The van der Waals surface area contributed by atoms with Crippen LogP contribution in [0.4, 0.5) is 5.69 Å². The molecule has 1 saturated heterocycles. The van der Waals surface area contributed by atoms with Crippen LogP contribution in [0.15, 0.2) is 36.5 Å². The molecule has 0 radical (unpaired) electrons. The fourth-order valence-electron chi connectivity index (χ4n) is 2.73. The van der Waals surface area contributed by atoms with Gasteiger partial charge in [-0.15, -0.1) is 0 Å². The third kappa shape index (κ3) is 3.45. The minimum Gasteiger partial charge on any atom is -0.466 e. The summed E-state index contributed by atoms with van der Waals surface area (Å²) < 4.78 is 11.6. The smallest absolute Gasteiger partial charge is 0.287 e. The minimum absolute atomic E-state index is 0.0899. The lowest BCUT2D eigenvalue weighted by Gasteiger charge is -2.38. The van der Waals surface area contributed by atoms with Gasteiger partial charge in [-0.1, -0.05) is 29.3 Å². The second-order valence-electron chi connectivity index (χ2n) is 5.44. The lowest BCUT2D eigenvalue weighted by Crippen LogP contribution is -2.39. The van der Waals surface area contributed by atoms with Gasteiger partial charge in [0.1, 0.15) is 11.8 Å². The van der Waals surface area contributed by atoms with Crippen molar-refractivity contribution in [3.63, 3.8) is 0 Å². The molecule has 0 unspecified atom stereocenters. The first-order chi connectivity index (χ1) is 11.5. The highest BCUT2D eigenvalue weighted by Gasteiger charge is 2.39. The summed E-state index contributed by atoms with van der Waals surface area (Å²) in [5, 5.41) is 11.8. The Labute approximate surface area is 148 Å². The zero-order chi connectivity index (χ0) is 17.2. The van der Waals surface area contributed by atoms with E-state index >= 15 is 0 Å². The van der Waals surface area contributed by atoms with E-state index in [-0.39, 0.29) is 5.69 Å². The Kier molecular flexibility index (Phi) is 4.89. The molecule has 2 heterocycles. The van der Waals surface area contributed by atoms with Crippen LogP contribution in [0.1, 0.15) is 18.4 Å². The number of benzene rings is 1. The number of hydrogen-bond acceptors (Lipinski definition) is 5. The third-order valence-corrected chi connectivity index (χ3v) is 4.50. The summed E-state index contributed by atoms with van der Waals surface area (Å²) in [6, 6.07) is 8.11. The average molecular weight is 369 g/mol. The maximum Gasteiger partial charge on any atom is 0.287 e. The average Bonchev–Trinajstić information content (AvgIpc) is 2.56. The minimum atomic E-state index is -0.705. The maximum absolute atomic E-state index is 10.7. The van der Waals surface area contributed by atoms with Crippen LogP contribution in [0.5, 0.6) is 5.88 Å². The lowest BCUT2D eigenvalue weighted by atomic mass is 9.86. The number of nitro groups is 1. The molecule has 1 aliphatic heterocycles. The van der Waals surface area contributed by atoms with E-state index in [1.165, 1.54) is 18.3 Å². The zero-order valence-corrected chi connectivity index (χ0v) is 14.1. The monoisotopic (exact) mass is 368 g/mol. The molecule has 0 spiro atoms. The normalized spacial score (nSPS) is 16.6. The summed E-state index contributed by atoms with van der Waals surface area (Å²) in [5.74, 6) is 0.300. The van der Waals surface area contributed by atoms with Gasteiger partial charge in [-0.25, -0.2) is 4.98 Å². The van der Waals surface area contributed by atoms with E-state index in [4.69, 9.17) is 32.7 Å². The maximum atomic E-state index is 10.7. The van der Waals surface area contributed by atoms with Crippen molar-refractivity contribution in [2.75, 3.05) is 13.2 Å². The summed E-state index contributed by atoms with van der Waals surface area (Å²) >= 11 is 12.4. The lowest BCUT2D eigenvalue weighted by molar-refractivity contribution is -0.385. The number of rotatable bonds is 4. The molecular formula is C16H14Cl2N2O4. The quantitative estimate of drug-likeness (QED) is 0.591. The Morgan fingerprint density at radius 2 is 1.96 bits per heavy atom. The highest BCUT2D eigenvalue weighted by Crippen LogP contribution is 2.41. The van der Waals surface area contributed by atoms with E-state index in [1.807, 2.05) is 6.07 Å². The molecule has 0 N–H and O–H groups in total. The standard InChI is InChI=1S/C16H14Cl2N2O4/c17-11-1-3-13(14(18)9-11)16(5-7-23-8-6-16)24-15-4-2-12(10-19-15)20(21)22/h1-4,9-10H,5-8H2. The third-order valence-electron chi connectivity index (χ3n) is 3.95. The first kappa shape index (κ1) is 17.0. The van der Waals surface area contributed by atoms with Gasteiger partial charge in [0.2, 0.25) is 5.88 Å². The molecule has 1 fully saturated rings. The summed E-state index contributed by atoms with van der Waals surface area (Å²) in [6.07, 6.45) is 2.35. The molecule has 8 heteroatoms. The van der Waals surface area contributed by atoms with Gasteiger partial charge in [-0.2, -0.15) is 0 Å². The first-order valence-electron chi connectivity index (χ1n) is 7.33. The van der Waals surface area contributed by atoms with Crippen LogP contribution in [0.25, 0.3) is 0 Å². The number of nitrogens with zero attached hydrogens (tertiary/aromatic N) is 2. The second kappa shape index (κ2) is 6.93. The molecule has 0 atom stereocenters. The Morgan fingerprint density at radius 1 is 1.21 bits per heavy atom. The predicted octanol–water partition coefficient (Wildman–Crippen LogP) is 4.38. The molecule has 1 aromatic heterocycles. The summed E-state index contributed by atoms with van der Waals surface area (Å²) in [7, 11) is 0. The van der Waals surface area contributed by atoms with Crippen LogP contribution < -0.4 is 4.74 Å². The van der Waals surface area contributed by atoms with E-state index in [1.54, 1.807) is 12.1 Å². The molecule has 3 rings (SSSR count). The first-order valence-corrected chi connectivity index (χ1v) is 8.08. The van der Waals surface area contributed by atoms with Crippen LogP contribution in [0.3, 0.4) is 0 Å². The van der Waals surface area contributed by atoms with E-state index in [9.17, 15) is 10.1 Å². The van der Waals surface area contributed by atoms with Crippen molar-refractivity contribution in [1.29, 1.82) is 0 Å². The van der Waals surface area contributed by atoms with Crippen LogP contribution in [0, 0.1) is 10.1 Å². The van der Waals surface area contributed by atoms with Gasteiger partial charge >= 0.3 is 0 Å². The Hall–Kier alpha value is -1.89. The molecule has 24 heavy (non-hydrogen) atoms. The molecule has 0 bridgehead atoms. The van der Waals surface area contributed by atoms with E-state index in [0.717, 1.165) is 5.56 Å². The van der Waals surface area contributed by atoms with Gasteiger partial charge < -0.3 is 9.47 Å². The van der Waals surface area contributed by atoms with Crippen LogP contribution in [-0.4, -0.2) is 23.1 Å². The molecule has 2 aromatic rings. The number of pyridine rings is 1. The Balaban J connectivity index is 1.95. The van der Waals surface area contributed by atoms with Gasteiger partial charge in [0.15, 0.2) is 0 Å². The van der Waals surface area contributed by atoms with Crippen molar-refractivity contribution < 1.29 is 14.4 Å². The largest absolute Gasteiger partial charge is 0.466 e. The van der Waals surface area contributed by atoms with Gasteiger partial charge in [0.05, 0.1) is 18.1 Å². The van der Waals surface area contributed by atoms with E-state index in [0.29, 0.717) is 42.0 Å². The zero-order valence-electron chi connectivity index (χ0n) is 12.6. The van der Waals surface area contributed by atoms with Gasteiger partial charge in [0, 0.05) is 40.6 Å². The van der Waals surface area contributed by atoms with Crippen molar-refractivity contribution in [1.82, 2.24) is 4.98 Å². The molecular weight excluding hydrogens is 355 g/mol. The summed E-state index contributed by atoms with van der Waals surface area (Å²) in [5.41, 5.74) is 0.00759. The molecule has 1 aliphatic rings. The number of ether oxygens (including phenoxy) is 2. The second-order valence-corrected chi connectivity index (χ2v) is 6.29. The van der Waals surface area contributed by atoms with Gasteiger partial charge in [0.25, 0.3) is 5.69 Å². The van der Waals surface area contributed by atoms with Crippen molar-refractivity contribution in [2.45, 2.75) is 18.4 Å². The Bertz CT molecular complexity index is 746. The fourth-order valence-corrected chi connectivity index (χ4v) is 3.31. The van der Waals surface area contributed by atoms with Gasteiger partial charge in [-0.05, 0) is 12.1 Å². The van der Waals surface area contributed by atoms with Crippen LogP contribution >= 0.6 is 23.2 Å². The van der Waals surface area contributed by atoms with Crippen molar-refractivity contribution in [3.8, 4) is 5.88 Å². The highest BCUT2D eigenvalue weighted by atomic mass is 35.5. The molecule has 0 amide bonds. The molecule has 1 aromatic carbocycles. The van der Waals surface area contributed by atoms with Crippen LogP contribution in [0.2, 0.25) is 10.0 Å². The molecule has 6 nitrogen and oxygen atoms in total. The topological polar surface area (TPSA) is 74.5 Å². The molecule has 0 saturated carbocycles. The van der Waals surface area contributed by atoms with E-state index < -0.39 is 10.5 Å². The SMILES string of the molecule is O=[N+]([O-])c1ccc(OC2(c3ccc(Cl)cc3Cl)CCOCC2)nc1. The van der Waals surface area contributed by atoms with E-state index in [2.05, 4.69) is 4.98 Å². The van der Waals surface area contributed by atoms with Crippen molar-refractivity contribution in [2.24, 2.45) is 0 Å². The predicted molar refractivity (Wildman–Crippen MR) is 89.7 cm³/mol. The number of aromatic nitrogens is 1. The molecule has 0 aliphatic carbocycles. The highest BCUT2D eigenvalue weighted by molar-refractivity contribution is 6.35. The van der Waals surface area contributed by atoms with Gasteiger partial charge in [-0.3, -0.25) is 10.1 Å². The number of hydrogen-bond donors (Lipinski definition) is 0. The summed E-state index contributed by atoms with van der Waals surface area (Å²) in [4.78, 5) is 14.3. The van der Waals surface area contributed by atoms with Crippen LogP contribution in [-0.2, 0) is 10.3 Å². The van der Waals surface area contributed by atoms with Crippen molar-refractivity contribution in [3.05, 3.63) is 62.3 Å². The Morgan fingerprint density at radius 3 is 2.54 bits per heavy atom. The number of halogens is 2. The summed E-state index contributed by atoms with van der Waals surface area (Å²) in [6.45, 7) is 1.04. The molecule has 126 valence electrons.